The lowest BCUT2D eigenvalue weighted by Gasteiger charge is -2.23. The van der Waals surface area contributed by atoms with Crippen molar-refractivity contribution < 1.29 is 0 Å². The van der Waals surface area contributed by atoms with E-state index in [1.165, 1.54) is 18.1 Å². The number of nitrogens with zero attached hydrogens (tertiary/aromatic N) is 2. The SMILES string of the molecule is CC(C)(C)Nc1ncnc(N)c1C(=N)Sc1cccc(Cl)c1. The van der Waals surface area contributed by atoms with Crippen molar-refractivity contribution in [2.24, 2.45) is 0 Å². The minimum absolute atomic E-state index is 0.198. The van der Waals surface area contributed by atoms with Crippen molar-refractivity contribution in [2.45, 2.75) is 31.2 Å². The van der Waals surface area contributed by atoms with Crippen LogP contribution in [0.4, 0.5) is 11.6 Å². The molecule has 1 aromatic carbocycles. The van der Waals surface area contributed by atoms with E-state index >= 15 is 0 Å². The Morgan fingerprint density at radius 3 is 2.68 bits per heavy atom. The second-order valence-corrected chi connectivity index (χ2v) is 7.27. The first kappa shape index (κ1) is 16.6. The molecule has 0 radical (unpaired) electrons. The topological polar surface area (TPSA) is 87.7 Å². The van der Waals surface area contributed by atoms with Crippen molar-refractivity contribution in [2.75, 3.05) is 11.1 Å². The number of benzene rings is 1. The number of hydrogen-bond acceptors (Lipinski definition) is 6. The van der Waals surface area contributed by atoms with Crippen LogP contribution < -0.4 is 11.1 Å². The minimum atomic E-state index is -0.198. The summed E-state index contributed by atoms with van der Waals surface area (Å²) in [5, 5.41) is 12.5. The molecule has 1 heterocycles. The number of anilines is 2. The fourth-order valence-corrected chi connectivity index (χ4v) is 2.90. The first-order chi connectivity index (χ1) is 10.3. The molecule has 0 aliphatic carbocycles. The van der Waals surface area contributed by atoms with Crippen molar-refractivity contribution in [3.05, 3.63) is 41.2 Å². The van der Waals surface area contributed by atoms with Crippen LogP contribution in [0.3, 0.4) is 0 Å². The molecular formula is C15H18ClN5S. The third-order valence-electron chi connectivity index (χ3n) is 2.61. The lowest BCUT2D eigenvalue weighted by atomic mass is 10.1. The van der Waals surface area contributed by atoms with Crippen LogP contribution in [-0.4, -0.2) is 20.6 Å². The zero-order valence-electron chi connectivity index (χ0n) is 12.6. The molecule has 0 atom stereocenters. The zero-order valence-corrected chi connectivity index (χ0v) is 14.2. The summed E-state index contributed by atoms with van der Waals surface area (Å²) in [5.41, 5.74) is 6.26. The summed E-state index contributed by atoms with van der Waals surface area (Å²) in [7, 11) is 0. The van der Waals surface area contributed by atoms with E-state index in [1.54, 1.807) is 12.1 Å². The Morgan fingerprint density at radius 1 is 1.32 bits per heavy atom. The van der Waals surface area contributed by atoms with Gasteiger partial charge in [-0.3, -0.25) is 5.41 Å². The van der Waals surface area contributed by atoms with Crippen LogP contribution in [-0.2, 0) is 0 Å². The van der Waals surface area contributed by atoms with Gasteiger partial charge in [-0.15, -0.1) is 0 Å². The summed E-state index contributed by atoms with van der Waals surface area (Å²) in [6.07, 6.45) is 1.39. The Morgan fingerprint density at radius 2 is 2.05 bits per heavy atom. The molecular weight excluding hydrogens is 318 g/mol. The van der Waals surface area contributed by atoms with Crippen molar-refractivity contribution in [1.29, 1.82) is 5.41 Å². The zero-order chi connectivity index (χ0) is 16.3. The largest absolute Gasteiger partial charge is 0.383 e. The van der Waals surface area contributed by atoms with Crippen molar-refractivity contribution in [3.63, 3.8) is 0 Å². The average Bonchev–Trinajstić information content (AvgIpc) is 2.36. The van der Waals surface area contributed by atoms with Gasteiger partial charge >= 0.3 is 0 Å². The van der Waals surface area contributed by atoms with Gasteiger partial charge in [-0.2, -0.15) is 0 Å². The van der Waals surface area contributed by atoms with Crippen LogP contribution in [0.15, 0.2) is 35.5 Å². The Balaban J connectivity index is 2.32. The second kappa shape index (κ2) is 6.54. The minimum Gasteiger partial charge on any atom is -0.383 e. The summed E-state index contributed by atoms with van der Waals surface area (Å²) in [6, 6.07) is 7.33. The number of aromatic nitrogens is 2. The highest BCUT2D eigenvalue weighted by atomic mass is 35.5. The lowest BCUT2D eigenvalue weighted by Crippen LogP contribution is -2.28. The van der Waals surface area contributed by atoms with E-state index in [0.29, 0.717) is 16.4 Å². The van der Waals surface area contributed by atoms with E-state index in [0.717, 1.165) is 4.90 Å². The molecule has 116 valence electrons. The Kier molecular flexibility index (Phi) is 4.93. The second-order valence-electron chi connectivity index (χ2n) is 5.75. The molecule has 0 bridgehead atoms. The van der Waals surface area contributed by atoms with Crippen molar-refractivity contribution >= 4 is 40.0 Å². The van der Waals surface area contributed by atoms with Crippen LogP contribution >= 0.6 is 23.4 Å². The molecule has 2 rings (SSSR count). The molecule has 0 saturated heterocycles. The lowest BCUT2D eigenvalue weighted by molar-refractivity contribution is 0.630. The highest BCUT2D eigenvalue weighted by molar-refractivity contribution is 8.14. The molecule has 22 heavy (non-hydrogen) atoms. The molecule has 5 nitrogen and oxygen atoms in total. The first-order valence-electron chi connectivity index (χ1n) is 6.67. The molecule has 0 fully saturated rings. The molecule has 7 heteroatoms. The summed E-state index contributed by atoms with van der Waals surface area (Å²) < 4.78 is 0. The summed E-state index contributed by atoms with van der Waals surface area (Å²) in [5.74, 6) is 0.834. The molecule has 4 N–H and O–H groups in total. The van der Waals surface area contributed by atoms with E-state index in [9.17, 15) is 0 Å². The van der Waals surface area contributed by atoms with Gasteiger partial charge in [0, 0.05) is 15.5 Å². The van der Waals surface area contributed by atoms with E-state index in [1.807, 2.05) is 32.9 Å². The smallest absolute Gasteiger partial charge is 0.141 e. The van der Waals surface area contributed by atoms with Crippen LogP contribution in [0.2, 0.25) is 5.02 Å². The Labute approximate surface area is 139 Å². The number of thioether (sulfide) groups is 1. The number of hydrogen-bond donors (Lipinski definition) is 3. The maximum absolute atomic E-state index is 8.35. The maximum Gasteiger partial charge on any atom is 0.141 e. The molecule has 0 amide bonds. The maximum atomic E-state index is 8.35. The third kappa shape index (κ3) is 4.35. The number of rotatable bonds is 3. The predicted octanol–water partition coefficient (Wildman–Crippen LogP) is 4.04. The normalized spacial score (nSPS) is 11.3. The van der Waals surface area contributed by atoms with Gasteiger partial charge in [-0.25, -0.2) is 9.97 Å². The van der Waals surface area contributed by atoms with Gasteiger partial charge in [0.15, 0.2) is 0 Å². The Bertz CT molecular complexity index is 697. The van der Waals surface area contributed by atoms with Gasteiger partial charge in [0.1, 0.15) is 23.0 Å². The third-order valence-corrected chi connectivity index (χ3v) is 3.75. The van der Waals surface area contributed by atoms with Crippen molar-refractivity contribution in [3.8, 4) is 0 Å². The van der Waals surface area contributed by atoms with Gasteiger partial charge in [0.2, 0.25) is 0 Å². The standard InChI is InChI=1S/C15H18ClN5S/c1-15(2,3)21-14-11(12(17)19-8-20-14)13(18)22-10-6-4-5-9(16)7-10/h4-8,18H,1-3H3,(H3,17,19,20,21). The number of nitrogens with two attached hydrogens (primary N) is 1. The van der Waals surface area contributed by atoms with Crippen LogP contribution in [0.1, 0.15) is 26.3 Å². The van der Waals surface area contributed by atoms with Gasteiger partial charge in [0.05, 0.1) is 5.56 Å². The predicted molar refractivity (Wildman–Crippen MR) is 94.0 cm³/mol. The first-order valence-corrected chi connectivity index (χ1v) is 7.87. The van der Waals surface area contributed by atoms with Crippen LogP contribution in [0.5, 0.6) is 0 Å². The van der Waals surface area contributed by atoms with Gasteiger partial charge in [0.25, 0.3) is 0 Å². The molecule has 0 saturated carbocycles. The number of halogens is 1. The molecule has 0 unspecified atom stereocenters. The molecule has 0 aliphatic rings. The van der Waals surface area contributed by atoms with Gasteiger partial charge in [-0.05, 0) is 39.0 Å². The van der Waals surface area contributed by atoms with Crippen LogP contribution in [0, 0.1) is 5.41 Å². The van der Waals surface area contributed by atoms with Gasteiger partial charge in [-0.1, -0.05) is 29.4 Å². The van der Waals surface area contributed by atoms with Gasteiger partial charge < -0.3 is 11.1 Å². The number of nitrogens with one attached hydrogen (secondary N) is 2. The Hall–Kier alpha value is -1.79. The summed E-state index contributed by atoms with van der Waals surface area (Å²) in [4.78, 5) is 9.08. The van der Waals surface area contributed by atoms with E-state index in [2.05, 4.69) is 15.3 Å². The molecule has 1 aromatic heterocycles. The monoisotopic (exact) mass is 335 g/mol. The molecule has 2 aromatic rings. The molecule has 0 aliphatic heterocycles. The highest BCUT2D eigenvalue weighted by Crippen LogP contribution is 2.30. The quantitative estimate of drug-likeness (QED) is 0.447. The average molecular weight is 336 g/mol. The molecule has 0 spiro atoms. The summed E-state index contributed by atoms with van der Waals surface area (Å²) in [6.45, 7) is 6.05. The van der Waals surface area contributed by atoms with E-state index in [-0.39, 0.29) is 16.4 Å². The fraction of sp³-hybridized carbons (Fsp3) is 0.267. The van der Waals surface area contributed by atoms with E-state index < -0.39 is 0 Å². The van der Waals surface area contributed by atoms with Crippen molar-refractivity contribution in [1.82, 2.24) is 9.97 Å². The van der Waals surface area contributed by atoms with Crippen LogP contribution in [0.25, 0.3) is 0 Å². The highest BCUT2D eigenvalue weighted by Gasteiger charge is 2.19. The van der Waals surface area contributed by atoms with E-state index in [4.69, 9.17) is 22.7 Å². The number of nitrogen functional groups attached to an aromatic ring is 1. The summed E-state index contributed by atoms with van der Waals surface area (Å²) >= 11 is 7.24. The fourth-order valence-electron chi connectivity index (χ4n) is 1.77.